The summed E-state index contributed by atoms with van der Waals surface area (Å²) in [6.45, 7) is 7.82. The third kappa shape index (κ3) is 4.67. The van der Waals surface area contributed by atoms with Crippen LogP contribution in [-0.4, -0.2) is 35.1 Å². The van der Waals surface area contributed by atoms with E-state index in [4.69, 9.17) is 10.5 Å². The summed E-state index contributed by atoms with van der Waals surface area (Å²) in [4.78, 5) is 20.2. The van der Waals surface area contributed by atoms with Crippen LogP contribution in [0.5, 0.6) is 0 Å². The molecular weight excluding hydrogens is 268 g/mol. The molecule has 0 saturated carbocycles. The maximum atomic E-state index is 11.5. The van der Waals surface area contributed by atoms with Crippen molar-refractivity contribution in [1.82, 2.24) is 9.97 Å². The smallest absolute Gasteiger partial charge is 0.252 e. The zero-order valence-electron chi connectivity index (χ0n) is 13.0. The predicted molar refractivity (Wildman–Crippen MR) is 81.2 cm³/mol. The zero-order valence-corrected chi connectivity index (χ0v) is 13.0. The van der Waals surface area contributed by atoms with Crippen LogP contribution < -0.4 is 11.1 Å². The van der Waals surface area contributed by atoms with E-state index in [0.29, 0.717) is 29.7 Å². The quantitative estimate of drug-likeness (QED) is 0.882. The summed E-state index contributed by atoms with van der Waals surface area (Å²) in [6, 6.07) is 0.320. The number of hydrogen-bond acceptors (Lipinski definition) is 5. The fourth-order valence-corrected chi connectivity index (χ4v) is 2.35. The molecule has 0 bridgehead atoms. The Labute approximate surface area is 125 Å². The van der Waals surface area contributed by atoms with Crippen molar-refractivity contribution in [3.63, 3.8) is 0 Å². The Morgan fingerprint density at radius 1 is 1.43 bits per heavy atom. The number of carbonyl (C=O) groups is 1. The first-order valence-corrected chi connectivity index (χ1v) is 7.35. The van der Waals surface area contributed by atoms with E-state index in [2.05, 4.69) is 36.1 Å². The standard InChI is InChI=1S/C15H24N4O2/c1-15(2,3)8-12-11(13(16)20)9-17-14(19-12)18-10-4-6-21-7-5-10/h9-10H,4-8H2,1-3H3,(H2,16,20)(H,17,18,19). The first-order valence-electron chi connectivity index (χ1n) is 7.35. The SMILES string of the molecule is CC(C)(C)Cc1nc(NC2CCOCC2)ncc1C(N)=O. The van der Waals surface area contributed by atoms with Gasteiger partial charge in [0.1, 0.15) is 0 Å². The fraction of sp³-hybridized carbons (Fsp3) is 0.667. The summed E-state index contributed by atoms with van der Waals surface area (Å²) in [5.74, 6) is 0.0815. The van der Waals surface area contributed by atoms with Gasteiger partial charge in [-0.2, -0.15) is 0 Å². The number of hydrogen-bond donors (Lipinski definition) is 2. The van der Waals surface area contributed by atoms with Crippen molar-refractivity contribution in [3.8, 4) is 0 Å². The molecule has 3 N–H and O–H groups in total. The predicted octanol–water partition coefficient (Wildman–Crippen LogP) is 1.75. The summed E-state index contributed by atoms with van der Waals surface area (Å²) in [6.07, 6.45) is 4.08. The van der Waals surface area contributed by atoms with E-state index in [1.54, 1.807) is 0 Å². The monoisotopic (exact) mass is 292 g/mol. The van der Waals surface area contributed by atoms with Crippen LogP contribution in [-0.2, 0) is 11.2 Å². The average Bonchev–Trinajstić information content (AvgIpc) is 2.37. The van der Waals surface area contributed by atoms with Gasteiger partial charge in [-0.25, -0.2) is 9.97 Å². The minimum absolute atomic E-state index is 0.0223. The lowest BCUT2D eigenvalue weighted by Gasteiger charge is -2.24. The zero-order chi connectivity index (χ0) is 15.5. The summed E-state index contributed by atoms with van der Waals surface area (Å²) in [7, 11) is 0. The van der Waals surface area contributed by atoms with Crippen molar-refractivity contribution >= 4 is 11.9 Å². The van der Waals surface area contributed by atoms with E-state index in [9.17, 15) is 4.79 Å². The van der Waals surface area contributed by atoms with E-state index >= 15 is 0 Å². The number of anilines is 1. The molecule has 1 fully saturated rings. The van der Waals surface area contributed by atoms with Gasteiger partial charge < -0.3 is 15.8 Å². The van der Waals surface area contributed by atoms with Gasteiger partial charge in [-0.3, -0.25) is 4.79 Å². The lowest BCUT2D eigenvalue weighted by Crippen LogP contribution is -2.29. The fourth-order valence-electron chi connectivity index (χ4n) is 2.35. The summed E-state index contributed by atoms with van der Waals surface area (Å²) < 4.78 is 5.34. The highest BCUT2D eigenvalue weighted by atomic mass is 16.5. The second-order valence-electron chi connectivity index (χ2n) is 6.69. The molecule has 1 aromatic heterocycles. The minimum atomic E-state index is -0.480. The second-order valence-corrected chi connectivity index (χ2v) is 6.69. The molecule has 1 saturated heterocycles. The molecule has 1 aliphatic heterocycles. The van der Waals surface area contributed by atoms with E-state index < -0.39 is 5.91 Å². The molecule has 1 aromatic rings. The first kappa shape index (κ1) is 15.7. The van der Waals surface area contributed by atoms with Crippen molar-refractivity contribution in [2.45, 2.75) is 46.1 Å². The highest BCUT2D eigenvalue weighted by molar-refractivity contribution is 5.93. The van der Waals surface area contributed by atoms with Crippen LogP contribution in [0.4, 0.5) is 5.95 Å². The van der Waals surface area contributed by atoms with Gasteiger partial charge in [0, 0.05) is 25.5 Å². The van der Waals surface area contributed by atoms with E-state index in [0.717, 1.165) is 26.1 Å². The van der Waals surface area contributed by atoms with Crippen LogP contribution in [0.1, 0.15) is 49.7 Å². The van der Waals surface area contributed by atoms with Gasteiger partial charge in [0.15, 0.2) is 0 Å². The van der Waals surface area contributed by atoms with Crippen molar-refractivity contribution in [2.75, 3.05) is 18.5 Å². The van der Waals surface area contributed by atoms with E-state index in [-0.39, 0.29) is 5.41 Å². The van der Waals surface area contributed by atoms with Crippen LogP contribution in [0.3, 0.4) is 0 Å². The number of nitrogens with zero attached hydrogens (tertiary/aromatic N) is 2. The highest BCUT2D eigenvalue weighted by Crippen LogP contribution is 2.22. The van der Waals surface area contributed by atoms with Crippen LogP contribution in [0.25, 0.3) is 0 Å². The van der Waals surface area contributed by atoms with Crippen LogP contribution in [0, 0.1) is 5.41 Å². The maximum absolute atomic E-state index is 11.5. The summed E-state index contributed by atoms with van der Waals surface area (Å²) in [5, 5.41) is 3.32. The van der Waals surface area contributed by atoms with Crippen molar-refractivity contribution < 1.29 is 9.53 Å². The Morgan fingerprint density at radius 3 is 2.67 bits per heavy atom. The molecule has 21 heavy (non-hydrogen) atoms. The minimum Gasteiger partial charge on any atom is -0.381 e. The van der Waals surface area contributed by atoms with Crippen molar-refractivity contribution in [2.24, 2.45) is 11.1 Å². The molecule has 2 heterocycles. The lowest BCUT2D eigenvalue weighted by molar-refractivity contribution is 0.0903. The molecule has 1 aliphatic rings. The third-order valence-corrected chi connectivity index (χ3v) is 3.39. The number of primary amides is 1. The van der Waals surface area contributed by atoms with Gasteiger partial charge >= 0.3 is 0 Å². The van der Waals surface area contributed by atoms with E-state index in [1.165, 1.54) is 6.20 Å². The molecule has 0 atom stereocenters. The Balaban J connectivity index is 2.19. The normalized spacial score (nSPS) is 16.7. The number of amides is 1. The van der Waals surface area contributed by atoms with Gasteiger partial charge in [0.2, 0.25) is 5.95 Å². The number of aromatic nitrogens is 2. The van der Waals surface area contributed by atoms with E-state index in [1.807, 2.05) is 0 Å². The van der Waals surface area contributed by atoms with Crippen molar-refractivity contribution in [1.29, 1.82) is 0 Å². The molecule has 6 nitrogen and oxygen atoms in total. The Bertz CT molecular complexity index is 505. The lowest BCUT2D eigenvalue weighted by atomic mass is 9.89. The van der Waals surface area contributed by atoms with Gasteiger partial charge in [0.05, 0.1) is 11.3 Å². The Hall–Kier alpha value is -1.69. The molecule has 0 radical (unpaired) electrons. The van der Waals surface area contributed by atoms with Crippen molar-refractivity contribution in [3.05, 3.63) is 17.5 Å². The van der Waals surface area contributed by atoms with Crippen LogP contribution in [0.2, 0.25) is 0 Å². The molecule has 1 amide bonds. The number of nitrogens with one attached hydrogen (secondary N) is 1. The molecule has 2 rings (SSSR count). The summed E-state index contributed by atoms with van der Waals surface area (Å²) in [5.41, 5.74) is 6.55. The molecule has 116 valence electrons. The molecule has 0 unspecified atom stereocenters. The molecule has 0 aromatic carbocycles. The van der Waals surface area contributed by atoms with Gasteiger partial charge in [-0.1, -0.05) is 20.8 Å². The van der Waals surface area contributed by atoms with Gasteiger partial charge in [0.25, 0.3) is 5.91 Å². The Morgan fingerprint density at radius 2 is 2.10 bits per heavy atom. The number of nitrogens with two attached hydrogens (primary N) is 1. The van der Waals surface area contributed by atoms with Crippen LogP contribution >= 0.6 is 0 Å². The third-order valence-electron chi connectivity index (χ3n) is 3.39. The largest absolute Gasteiger partial charge is 0.381 e. The summed E-state index contributed by atoms with van der Waals surface area (Å²) >= 11 is 0. The molecule has 6 heteroatoms. The topological polar surface area (TPSA) is 90.1 Å². The Kier molecular flexibility index (Phi) is 4.77. The highest BCUT2D eigenvalue weighted by Gasteiger charge is 2.20. The second kappa shape index (κ2) is 6.39. The maximum Gasteiger partial charge on any atom is 0.252 e. The number of rotatable bonds is 4. The first-order chi connectivity index (χ1) is 9.85. The average molecular weight is 292 g/mol. The number of ether oxygens (including phenoxy) is 1. The molecule has 0 spiro atoms. The molecular formula is C15H24N4O2. The van der Waals surface area contributed by atoms with Gasteiger partial charge in [-0.15, -0.1) is 0 Å². The number of carbonyl (C=O) groups excluding carboxylic acids is 1. The van der Waals surface area contributed by atoms with Crippen LogP contribution in [0.15, 0.2) is 6.20 Å². The van der Waals surface area contributed by atoms with Gasteiger partial charge in [-0.05, 0) is 24.7 Å². The molecule has 0 aliphatic carbocycles.